The molecule has 42 heavy (non-hydrogen) atoms. The van der Waals surface area contributed by atoms with Gasteiger partial charge in [0.1, 0.15) is 35.4 Å². The monoisotopic (exact) mass is 686 g/mol. The average Bonchev–Trinajstić information content (AvgIpc) is 3.34. The Labute approximate surface area is 255 Å². The number of nitrogens with one attached hydrogen (secondary N) is 1. The summed E-state index contributed by atoms with van der Waals surface area (Å²) in [5.74, 6) is 1.38. The number of ether oxygens (including phenoxy) is 5. The van der Waals surface area contributed by atoms with Crippen LogP contribution in [-0.4, -0.2) is 60.9 Å². The summed E-state index contributed by atoms with van der Waals surface area (Å²) in [5.41, 5.74) is 0.177. The number of aromatic amines is 1. The number of halogens is 1. The van der Waals surface area contributed by atoms with Crippen LogP contribution in [0.2, 0.25) is 0 Å². The first-order valence-corrected chi connectivity index (χ1v) is 14.3. The van der Waals surface area contributed by atoms with E-state index < -0.39 is 41.4 Å². The molecule has 0 radical (unpaired) electrons. The fraction of sp³-hybridized carbons (Fsp3) is 0.290. The maximum absolute atomic E-state index is 12.7. The van der Waals surface area contributed by atoms with E-state index >= 15 is 0 Å². The van der Waals surface area contributed by atoms with Gasteiger partial charge in [0.2, 0.25) is 0 Å². The first-order chi connectivity index (χ1) is 20.3. The van der Waals surface area contributed by atoms with Gasteiger partial charge in [-0.2, -0.15) is 0 Å². The van der Waals surface area contributed by atoms with E-state index in [4.69, 9.17) is 23.7 Å². The lowest BCUT2D eigenvalue weighted by Crippen LogP contribution is -2.40. The summed E-state index contributed by atoms with van der Waals surface area (Å²) in [6, 6.07) is 24.9. The minimum atomic E-state index is -1.14. The van der Waals surface area contributed by atoms with Crippen LogP contribution in [0.3, 0.4) is 0 Å². The van der Waals surface area contributed by atoms with Crippen molar-refractivity contribution < 1.29 is 28.8 Å². The molecule has 10 nitrogen and oxygen atoms in total. The van der Waals surface area contributed by atoms with Gasteiger partial charge >= 0.3 is 5.69 Å². The number of methoxy groups -OCH3 is 3. The number of hydrogen-bond acceptors (Lipinski definition) is 8. The summed E-state index contributed by atoms with van der Waals surface area (Å²) in [7, 11) is 4.64. The van der Waals surface area contributed by atoms with Crippen LogP contribution in [0, 0.1) is 3.57 Å². The maximum atomic E-state index is 12.7. The van der Waals surface area contributed by atoms with Gasteiger partial charge in [0, 0.05) is 13.3 Å². The molecule has 4 aromatic rings. The molecule has 5 rings (SSSR count). The summed E-state index contributed by atoms with van der Waals surface area (Å²) in [5, 5.41) is 11.3. The van der Waals surface area contributed by atoms with Gasteiger partial charge in [0.05, 0.1) is 24.4 Å². The number of aliphatic hydroxyl groups is 1. The minimum Gasteiger partial charge on any atom is -0.497 e. The van der Waals surface area contributed by atoms with E-state index in [0.29, 0.717) is 15.1 Å². The first-order valence-electron chi connectivity index (χ1n) is 13.2. The molecule has 0 bridgehead atoms. The van der Waals surface area contributed by atoms with Gasteiger partial charge in [-0.25, -0.2) is 4.79 Å². The van der Waals surface area contributed by atoms with Crippen LogP contribution < -0.4 is 20.7 Å². The summed E-state index contributed by atoms with van der Waals surface area (Å²) < 4.78 is 31.0. The van der Waals surface area contributed by atoms with Gasteiger partial charge in [-0.1, -0.05) is 54.6 Å². The summed E-state index contributed by atoms with van der Waals surface area (Å²) in [6.07, 6.45) is -2.53. The smallest absolute Gasteiger partial charge is 0.330 e. The Morgan fingerprint density at radius 1 is 0.881 bits per heavy atom. The largest absolute Gasteiger partial charge is 0.497 e. The maximum Gasteiger partial charge on any atom is 0.330 e. The van der Waals surface area contributed by atoms with E-state index in [-0.39, 0.29) is 6.61 Å². The second-order valence-electron chi connectivity index (χ2n) is 9.71. The van der Waals surface area contributed by atoms with Gasteiger partial charge in [0.15, 0.2) is 6.23 Å². The van der Waals surface area contributed by atoms with Crippen molar-refractivity contribution in [2.75, 3.05) is 27.9 Å². The zero-order valence-electron chi connectivity index (χ0n) is 23.2. The number of aromatic nitrogens is 2. The number of benzene rings is 3. The normalized spacial score (nSPS) is 20.4. The van der Waals surface area contributed by atoms with E-state index in [2.05, 4.69) is 4.98 Å². The Balaban J connectivity index is 1.57. The number of aliphatic hydroxyl groups excluding tert-OH is 1. The first kappa shape index (κ1) is 30.0. The van der Waals surface area contributed by atoms with Crippen molar-refractivity contribution in [3.63, 3.8) is 0 Å². The second-order valence-corrected chi connectivity index (χ2v) is 10.9. The molecule has 1 aliphatic heterocycles. The fourth-order valence-corrected chi connectivity index (χ4v) is 5.70. The third-order valence-corrected chi connectivity index (χ3v) is 8.19. The molecule has 0 saturated carbocycles. The van der Waals surface area contributed by atoms with E-state index in [1.807, 2.05) is 101 Å². The van der Waals surface area contributed by atoms with Crippen LogP contribution in [0.4, 0.5) is 0 Å². The Bertz CT molecular complexity index is 1560. The molecule has 0 amide bonds. The third-order valence-electron chi connectivity index (χ3n) is 7.42. The van der Waals surface area contributed by atoms with Gasteiger partial charge in [0.25, 0.3) is 5.56 Å². The molecule has 4 atom stereocenters. The molecular formula is C31H31IN2O8. The second kappa shape index (κ2) is 12.8. The predicted molar refractivity (Wildman–Crippen MR) is 163 cm³/mol. The van der Waals surface area contributed by atoms with Crippen molar-refractivity contribution in [2.24, 2.45) is 0 Å². The molecule has 0 aliphatic carbocycles. The van der Waals surface area contributed by atoms with Crippen LogP contribution >= 0.6 is 22.6 Å². The van der Waals surface area contributed by atoms with Crippen LogP contribution in [0.1, 0.15) is 22.9 Å². The van der Waals surface area contributed by atoms with Crippen molar-refractivity contribution in [1.82, 2.24) is 9.55 Å². The van der Waals surface area contributed by atoms with Crippen LogP contribution in [-0.2, 0) is 19.8 Å². The standard InChI is InChI=1S/C31H31IN2O8/c1-38-22-13-9-20(10-14-22)31(19-7-5-4-6-8-19,21-11-15-23(39-2)16-12-21)41-18-25-26(35)27(40-3)29(42-25)34-17-24(32)28(36)33-30(34)37/h4-17,25-27,29,35H,18H2,1-3H3,(H,33,36,37)/t25-,26+,27+,29+/m0/s1. The highest BCUT2D eigenvalue weighted by Crippen LogP contribution is 2.43. The Morgan fingerprint density at radius 2 is 1.43 bits per heavy atom. The van der Waals surface area contributed by atoms with Crippen molar-refractivity contribution >= 4 is 22.6 Å². The topological polar surface area (TPSA) is 121 Å². The Morgan fingerprint density at radius 3 is 1.95 bits per heavy atom. The highest BCUT2D eigenvalue weighted by Gasteiger charge is 2.47. The zero-order valence-corrected chi connectivity index (χ0v) is 25.4. The molecule has 2 heterocycles. The number of H-pyrrole nitrogens is 1. The molecular weight excluding hydrogens is 655 g/mol. The Hall–Kier alpha value is -3.49. The van der Waals surface area contributed by atoms with E-state index in [1.165, 1.54) is 17.9 Å². The molecule has 1 fully saturated rings. The van der Waals surface area contributed by atoms with Crippen LogP contribution in [0.15, 0.2) is 94.6 Å². The number of hydrogen-bond donors (Lipinski definition) is 2. The molecule has 2 N–H and O–H groups in total. The lowest BCUT2D eigenvalue weighted by atomic mass is 9.80. The summed E-state index contributed by atoms with van der Waals surface area (Å²) >= 11 is 1.83. The molecule has 11 heteroatoms. The molecule has 220 valence electrons. The van der Waals surface area contributed by atoms with Crippen molar-refractivity contribution in [3.8, 4) is 11.5 Å². The summed E-state index contributed by atoms with van der Waals surface area (Å²) in [6.45, 7) is -0.0698. The molecule has 3 aromatic carbocycles. The van der Waals surface area contributed by atoms with Crippen molar-refractivity contribution in [1.29, 1.82) is 0 Å². The molecule has 0 spiro atoms. The van der Waals surface area contributed by atoms with Crippen molar-refractivity contribution in [2.45, 2.75) is 30.1 Å². The van der Waals surface area contributed by atoms with Gasteiger partial charge in [-0.3, -0.25) is 14.3 Å². The third kappa shape index (κ3) is 5.62. The highest BCUT2D eigenvalue weighted by atomic mass is 127. The predicted octanol–water partition coefficient (Wildman–Crippen LogP) is 3.44. The van der Waals surface area contributed by atoms with E-state index in [0.717, 1.165) is 16.7 Å². The van der Waals surface area contributed by atoms with E-state index in [1.54, 1.807) is 14.2 Å². The molecule has 1 saturated heterocycles. The number of nitrogens with zero attached hydrogens (tertiary/aromatic N) is 1. The highest BCUT2D eigenvalue weighted by molar-refractivity contribution is 14.1. The molecule has 1 aliphatic rings. The summed E-state index contributed by atoms with van der Waals surface area (Å²) in [4.78, 5) is 26.9. The zero-order chi connectivity index (χ0) is 29.9. The quantitative estimate of drug-likeness (QED) is 0.193. The van der Waals surface area contributed by atoms with Gasteiger partial charge in [-0.15, -0.1) is 0 Å². The number of rotatable bonds is 10. The van der Waals surface area contributed by atoms with E-state index in [9.17, 15) is 14.7 Å². The van der Waals surface area contributed by atoms with Crippen LogP contribution in [0.25, 0.3) is 0 Å². The molecule has 1 aromatic heterocycles. The van der Waals surface area contributed by atoms with Gasteiger partial charge < -0.3 is 28.8 Å². The lowest BCUT2D eigenvalue weighted by Gasteiger charge is -2.37. The van der Waals surface area contributed by atoms with Gasteiger partial charge in [-0.05, 0) is 63.5 Å². The average molecular weight is 686 g/mol. The SMILES string of the molecule is COc1ccc(C(OC[C@@H]2O[C@@H](n3cc(I)c(=O)[nH]c3=O)[C@H](OC)[C@@H]2O)(c2ccccc2)c2ccc(OC)cc2)cc1. The Kier molecular flexibility index (Phi) is 9.13. The van der Waals surface area contributed by atoms with Crippen molar-refractivity contribution in [3.05, 3.63) is 126 Å². The minimum absolute atomic E-state index is 0.0698. The van der Waals surface area contributed by atoms with Crippen LogP contribution in [0.5, 0.6) is 11.5 Å². The lowest BCUT2D eigenvalue weighted by molar-refractivity contribution is -0.0967. The molecule has 0 unspecified atom stereocenters. The fourth-order valence-electron chi connectivity index (χ4n) is 5.27.